The van der Waals surface area contributed by atoms with Gasteiger partial charge in [0.15, 0.2) is 0 Å². The lowest BCUT2D eigenvalue weighted by atomic mass is 10.0. The van der Waals surface area contributed by atoms with Crippen LogP contribution in [0.3, 0.4) is 0 Å². The number of amides is 1. The molecular formula is C18H22N2O3S. The van der Waals surface area contributed by atoms with Gasteiger partial charge in [0.25, 0.3) is 0 Å². The Balaban J connectivity index is 1.84. The van der Waals surface area contributed by atoms with Gasteiger partial charge < -0.3 is 14.6 Å². The lowest BCUT2D eigenvalue weighted by Crippen LogP contribution is -2.37. The summed E-state index contributed by atoms with van der Waals surface area (Å²) in [7, 11) is 1.38. The third-order valence-corrected chi connectivity index (χ3v) is 5.47. The van der Waals surface area contributed by atoms with E-state index in [4.69, 9.17) is 4.74 Å². The van der Waals surface area contributed by atoms with Crippen molar-refractivity contribution in [2.75, 3.05) is 25.2 Å². The minimum absolute atomic E-state index is 0.192. The van der Waals surface area contributed by atoms with Crippen molar-refractivity contribution < 1.29 is 14.3 Å². The minimum Gasteiger partial charge on any atom is -0.465 e. The highest BCUT2D eigenvalue weighted by Crippen LogP contribution is 2.29. The number of H-pyrrole nitrogens is 1. The highest BCUT2D eigenvalue weighted by molar-refractivity contribution is 7.99. The van der Waals surface area contributed by atoms with Crippen LogP contribution in [0.1, 0.15) is 35.0 Å². The zero-order valence-corrected chi connectivity index (χ0v) is 14.9. The van der Waals surface area contributed by atoms with E-state index in [1.807, 2.05) is 17.0 Å². The summed E-state index contributed by atoms with van der Waals surface area (Å²) in [6.45, 7) is 3.47. The molecular weight excluding hydrogens is 324 g/mol. The highest BCUT2D eigenvalue weighted by atomic mass is 32.2. The van der Waals surface area contributed by atoms with Crippen molar-refractivity contribution in [2.45, 2.75) is 26.3 Å². The Bertz CT molecular complexity index is 769. The number of hydrogen-bond donors (Lipinski definition) is 1. The smallest absolute Gasteiger partial charge is 0.337 e. The normalized spacial score (nSPS) is 13.8. The summed E-state index contributed by atoms with van der Waals surface area (Å²) in [5.41, 5.74) is 3.82. The Morgan fingerprint density at radius 3 is 2.96 bits per heavy atom. The highest BCUT2D eigenvalue weighted by Gasteiger charge is 2.24. The summed E-state index contributed by atoms with van der Waals surface area (Å²) in [4.78, 5) is 29.5. The van der Waals surface area contributed by atoms with Crippen molar-refractivity contribution >= 4 is 34.5 Å². The molecule has 2 aromatic rings. The van der Waals surface area contributed by atoms with E-state index in [-0.39, 0.29) is 11.9 Å². The molecule has 3 rings (SSSR count). The largest absolute Gasteiger partial charge is 0.465 e. The maximum absolute atomic E-state index is 12.4. The fraction of sp³-hybridized carbons (Fsp3) is 0.444. The van der Waals surface area contributed by atoms with Crippen LogP contribution in [0.5, 0.6) is 0 Å². The third kappa shape index (κ3) is 3.29. The molecule has 1 aliphatic rings. The van der Waals surface area contributed by atoms with Gasteiger partial charge in [0.2, 0.25) is 5.91 Å². The van der Waals surface area contributed by atoms with Gasteiger partial charge in [-0.05, 0) is 30.4 Å². The average molecular weight is 346 g/mol. The maximum atomic E-state index is 12.4. The monoisotopic (exact) mass is 346 g/mol. The Morgan fingerprint density at radius 1 is 1.38 bits per heavy atom. The Hall–Kier alpha value is -1.95. The number of aromatic nitrogens is 1. The molecule has 2 heterocycles. The number of hydrogen-bond acceptors (Lipinski definition) is 4. The van der Waals surface area contributed by atoms with E-state index in [1.54, 1.807) is 17.8 Å². The first kappa shape index (κ1) is 16.9. The summed E-state index contributed by atoms with van der Waals surface area (Å²) < 4.78 is 4.80. The molecule has 5 nitrogen and oxygen atoms in total. The molecule has 0 saturated carbocycles. The number of benzene rings is 1. The first-order valence-electron chi connectivity index (χ1n) is 8.21. The van der Waals surface area contributed by atoms with Gasteiger partial charge in [-0.3, -0.25) is 4.79 Å². The van der Waals surface area contributed by atoms with Crippen molar-refractivity contribution in [3.63, 3.8) is 0 Å². The van der Waals surface area contributed by atoms with Gasteiger partial charge in [-0.1, -0.05) is 6.92 Å². The molecule has 128 valence electrons. The molecule has 1 aliphatic heterocycles. The molecule has 1 N–H and O–H groups in total. The number of ether oxygens (including phenoxy) is 1. The van der Waals surface area contributed by atoms with E-state index in [9.17, 15) is 9.59 Å². The number of rotatable bonds is 5. The summed E-state index contributed by atoms with van der Waals surface area (Å²) in [6.07, 6.45) is 1.91. The SMILES string of the molecule is CCCSCC(=O)N1CCc2[nH]c3ccc(C(=O)OC)cc3c2C1. The van der Waals surface area contributed by atoms with Crippen LogP contribution in [0.15, 0.2) is 18.2 Å². The van der Waals surface area contributed by atoms with Gasteiger partial charge >= 0.3 is 5.97 Å². The quantitative estimate of drug-likeness (QED) is 0.668. The van der Waals surface area contributed by atoms with Crippen LogP contribution in [0.2, 0.25) is 0 Å². The molecule has 1 amide bonds. The number of carbonyl (C=O) groups excluding carboxylic acids is 2. The lowest BCUT2D eigenvalue weighted by molar-refractivity contribution is -0.129. The molecule has 0 atom stereocenters. The predicted octanol–water partition coefficient (Wildman–Crippen LogP) is 2.98. The number of thioether (sulfide) groups is 1. The van der Waals surface area contributed by atoms with E-state index in [1.165, 1.54) is 7.11 Å². The number of nitrogens with zero attached hydrogens (tertiary/aromatic N) is 1. The molecule has 1 aromatic carbocycles. The van der Waals surface area contributed by atoms with E-state index in [0.717, 1.165) is 47.3 Å². The lowest BCUT2D eigenvalue weighted by Gasteiger charge is -2.27. The van der Waals surface area contributed by atoms with Crippen LogP contribution < -0.4 is 0 Å². The second kappa shape index (κ2) is 7.30. The standard InChI is InChI=1S/C18H22N2O3S/c1-3-8-24-11-17(21)20-7-6-16-14(10-20)13-9-12(18(22)23-2)4-5-15(13)19-16/h4-5,9,19H,3,6-8,10-11H2,1-2H3. The van der Waals surface area contributed by atoms with Crippen molar-refractivity contribution in [3.05, 3.63) is 35.0 Å². The molecule has 0 bridgehead atoms. The van der Waals surface area contributed by atoms with Gasteiger partial charge in [-0.15, -0.1) is 0 Å². The zero-order chi connectivity index (χ0) is 17.1. The van der Waals surface area contributed by atoms with Crippen molar-refractivity contribution in [3.8, 4) is 0 Å². The molecule has 0 fully saturated rings. The zero-order valence-electron chi connectivity index (χ0n) is 14.1. The minimum atomic E-state index is -0.341. The summed E-state index contributed by atoms with van der Waals surface area (Å²) in [5.74, 6) is 1.41. The summed E-state index contributed by atoms with van der Waals surface area (Å²) in [6, 6.07) is 5.53. The van der Waals surface area contributed by atoms with Crippen LogP contribution in [-0.4, -0.2) is 46.9 Å². The van der Waals surface area contributed by atoms with Crippen LogP contribution in [0, 0.1) is 0 Å². The van der Waals surface area contributed by atoms with E-state index >= 15 is 0 Å². The van der Waals surface area contributed by atoms with Crippen LogP contribution >= 0.6 is 11.8 Å². The van der Waals surface area contributed by atoms with Gasteiger partial charge in [0, 0.05) is 41.7 Å². The van der Waals surface area contributed by atoms with E-state index in [0.29, 0.717) is 17.9 Å². The molecule has 6 heteroatoms. The van der Waals surface area contributed by atoms with Crippen LogP contribution in [0.25, 0.3) is 10.9 Å². The fourth-order valence-electron chi connectivity index (χ4n) is 3.07. The molecule has 24 heavy (non-hydrogen) atoms. The number of nitrogens with one attached hydrogen (secondary N) is 1. The molecule has 0 aliphatic carbocycles. The number of esters is 1. The van der Waals surface area contributed by atoms with Crippen LogP contribution in [0.4, 0.5) is 0 Å². The average Bonchev–Trinajstić information content (AvgIpc) is 2.98. The Kier molecular flexibility index (Phi) is 5.14. The number of carbonyl (C=O) groups is 2. The van der Waals surface area contributed by atoms with Gasteiger partial charge in [-0.25, -0.2) is 4.79 Å². The third-order valence-electron chi connectivity index (χ3n) is 4.32. The maximum Gasteiger partial charge on any atom is 0.337 e. The van der Waals surface area contributed by atoms with Crippen molar-refractivity contribution in [1.82, 2.24) is 9.88 Å². The van der Waals surface area contributed by atoms with E-state index in [2.05, 4.69) is 11.9 Å². The topological polar surface area (TPSA) is 62.4 Å². The van der Waals surface area contributed by atoms with E-state index < -0.39 is 0 Å². The summed E-state index contributed by atoms with van der Waals surface area (Å²) >= 11 is 1.69. The van der Waals surface area contributed by atoms with Gasteiger partial charge in [-0.2, -0.15) is 11.8 Å². The number of methoxy groups -OCH3 is 1. The Morgan fingerprint density at radius 2 is 2.21 bits per heavy atom. The molecule has 0 unspecified atom stereocenters. The molecule has 1 aromatic heterocycles. The van der Waals surface area contributed by atoms with Gasteiger partial charge in [0.1, 0.15) is 0 Å². The first-order valence-corrected chi connectivity index (χ1v) is 9.36. The predicted molar refractivity (Wildman–Crippen MR) is 96.4 cm³/mol. The van der Waals surface area contributed by atoms with Crippen molar-refractivity contribution in [2.24, 2.45) is 0 Å². The number of aromatic amines is 1. The second-order valence-corrected chi connectivity index (χ2v) is 7.06. The number of fused-ring (bicyclic) bond motifs is 3. The summed E-state index contributed by atoms with van der Waals surface area (Å²) in [5, 5.41) is 1.01. The van der Waals surface area contributed by atoms with Gasteiger partial charge in [0.05, 0.1) is 18.4 Å². The second-order valence-electron chi connectivity index (χ2n) is 5.95. The first-order chi connectivity index (χ1) is 11.6. The molecule has 0 spiro atoms. The Labute approximate surface area is 145 Å². The molecule has 0 radical (unpaired) electrons. The van der Waals surface area contributed by atoms with Crippen molar-refractivity contribution in [1.29, 1.82) is 0 Å². The molecule has 0 saturated heterocycles. The fourth-order valence-corrected chi connectivity index (χ4v) is 3.86. The van der Waals surface area contributed by atoms with Crippen LogP contribution in [-0.2, 0) is 22.5 Å².